The van der Waals surface area contributed by atoms with Crippen molar-refractivity contribution in [2.24, 2.45) is 0 Å². The first-order valence-corrected chi connectivity index (χ1v) is 10.7. The van der Waals surface area contributed by atoms with E-state index >= 15 is 0 Å². The van der Waals surface area contributed by atoms with Crippen molar-refractivity contribution < 1.29 is 4.79 Å². The van der Waals surface area contributed by atoms with Gasteiger partial charge in [0.2, 0.25) is 5.91 Å². The Morgan fingerprint density at radius 3 is 1.71 bits per heavy atom. The fourth-order valence-electron chi connectivity index (χ4n) is 3.45. The van der Waals surface area contributed by atoms with Gasteiger partial charge in [-0.25, -0.2) is 0 Å². The lowest BCUT2D eigenvalue weighted by atomic mass is 9.73. The first-order chi connectivity index (χ1) is 12.6. The largest absolute Gasteiger partial charge is 0.312 e. The quantitative estimate of drug-likeness (QED) is 0.471. The van der Waals surface area contributed by atoms with Gasteiger partial charge in [0.25, 0.3) is 0 Å². The Morgan fingerprint density at radius 2 is 1.39 bits per heavy atom. The van der Waals surface area contributed by atoms with Crippen LogP contribution in [0.4, 0.5) is 5.69 Å². The van der Waals surface area contributed by atoms with Crippen molar-refractivity contribution in [3.05, 3.63) is 41.5 Å². The monoisotopic (exact) mass is 385 g/mol. The minimum Gasteiger partial charge on any atom is -0.312 e. The summed E-state index contributed by atoms with van der Waals surface area (Å²) in [5.74, 6) is 0.196. The molecule has 0 atom stereocenters. The third-order valence-corrected chi connectivity index (χ3v) is 5.17. The van der Waals surface area contributed by atoms with Crippen molar-refractivity contribution in [3.8, 4) is 0 Å². The molecule has 0 aliphatic heterocycles. The van der Waals surface area contributed by atoms with E-state index in [0.29, 0.717) is 6.42 Å². The number of carbonyl (C=O) groups is 1. The average Bonchev–Trinajstić information content (AvgIpc) is 2.54. The van der Waals surface area contributed by atoms with Crippen LogP contribution in [0.2, 0.25) is 0 Å². The van der Waals surface area contributed by atoms with Crippen molar-refractivity contribution >= 4 is 11.6 Å². The van der Waals surface area contributed by atoms with E-state index < -0.39 is 0 Å². The van der Waals surface area contributed by atoms with E-state index in [9.17, 15) is 4.79 Å². The highest BCUT2D eigenvalue weighted by atomic mass is 16.2. The van der Waals surface area contributed by atoms with E-state index in [-0.39, 0.29) is 22.2 Å². The Kier molecular flexibility index (Phi) is 7.73. The van der Waals surface area contributed by atoms with Gasteiger partial charge in [-0.3, -0.25) is 4.79 Å². The molecule has 158 valence electrons. The normalized spacial score (nSPS) is 12.8. The summed E-state index contributed by atoms with van der Waals surface area (Å²) >= 11 is 0. The standard InChI is InChI=1S/C26H43NO/c1-12-14-15-22(28)27(16-13-2)23-20(25(6,7)8)17-19(24(3,4)5)18-21(23)26(9,10)11/h12,17-18H,1,13-16H2,2-11H3. The molecule has 1 amide bonds. The highest BCUT2D eigenvalue weighted by Crippen LogP contribution is 2.43. The van der Waals surface area contributed by atoms with Crippen LogP contribution in [-0.4, -0.2) is 12.5 Å². The minimum absolute atomic E-state index is 0.0543. The zero-order chi connectivity index (χ0) is 21.9. The van der Waals surface area contributed by atoms with Gasteiger partial charge in [0, 0.05) is 13.0 Å². The van der Waals surface area contributed by atoms with Gasteiger partial charge in [-0.1, -0.05) is 87.4 Å². The third-order valence-electron chi connectivity index (χ3n) is 5.17. The Bertz CT molecular complexity index is 658. The summed E-state index contributed by atoms with van der Waals surface area (Å²) in [4.78, 5) is 15.3. The molecule has 0 radical (unpaired) electrons. The molecule has 0 N–H and O–H groups in total. The average molecular weight is 386 g/mol. The Balaban J connectivity index is 3.91. The molecule has 0 aromatic heterocycles. The number of hydrogen-bond acceptors (Lipinski definition) is 1. The highest BCUT2D eigenvalue weighted by molar-refractivity contribution is 5.95. The van der Waals surface area contributed by atoms with Crippen molar-refractivity contribution in [2.45, 2.75) is 105 Å². The smallest absolute Gasteiger partial charge is 0.227 e. The maximum Gasteiger partial charge on any atom is 0.227 e. The molecule has 0 unspecified atom stereocenters. The zero-order valence-corrected chi connectivity index (χ0v) is 20.1. The fourth-order valence-corrected chi connectivity index (χ4v) is 3.45. The van der Waals surface area contributed by atoms with Crippen molar-refractivity contribution in [3.63, 3.8) is 0 Å². The lowest BCUT2D eigenvalue weighted by Gasteiger charge is -2.38. The van der Waals surface area contributed by atoms with Crippen molar-refractivity contribution in [1.29, 1.82) is 0 Å². The molecule has 0 spiro atoms. The van der Waals surface area contributed by atoms with E-state index in [4.69, 9.17) is 0 Å². The fraction of sp³-hybridized carbons (Fsp3) is 0.654. The van der Waals surface area contributed by atoms with E-state index in [1.165, 1.54) is 16.7 Å². The second-order valence-corrected chi connectivity index (χ2v) is 11.0. The zero-order valence-electron chi connectivity index (χ0n) is 20.1. The van der Waals surface area contributed by atoms with Crippen molar-refractivity contribution in [1.82, 2.24) is 0 Å². The predicted molar refractivity (Wildman–Crippen MR) is 125 cm³/mol. The Morgan fingerprint density at radius 1 is 0.929 bits per heavy atom. The summed E-state index contributed by atoms with van der Waals surface area (Å²) < 4.78 is 0. The number of carbonyl (C=O) groups excluding carboxylic acids is 1. The maximum atomic E-state index is 13.2. The van der Waals surface area contributed by atoms with Gasteiger partial charge in [0.1, 0.15) is 0 Å². The number of allylic oxidation sites excluding steroid dienone is 1. The molecule has 0 heterocycles. The molecular formula is C26H43NO. The second kappa shape index (κ2) is 8.84. The van der Waals surface area contributed by atoms with Gasteiger partial charge in [-0.2, -0.15) is 0 Å². The second-order valence-electron chi connectivity index (χ2n) is 11.0. The molecule has 1 aromatic rings. The topological polar surface area (TPSA) is 20.3 Å². The lowest BCUT2D eigenvalue weighted by Crippen LogP contribution is -2.36. The molecule has 0 saturated carbocycles. The van der Waals surface area contributed by atoms with Gasteiger partial charge in [0.15, 0.2) is 0 Å². The van der Waals surface area contributed by atoms with E-state index in [0.717, 1.165) is 25.1 Å². The summed E-state index contributed by atoms with van der Waals surface area (Å²) in [5.41, 5.74) is 4.95. The minimum atomic E-state index is -0.0543. The summed E-state index contributed by atoms with van der Waals surface area (Å²) in [6.45, 7) is 27.0. The molecule has 0 bridgehead atoms. The number of amides is 1. The van der Waals surface area contributed by atoms with Crippen LogP contribution in [0.25, 0.3) is 0 Å². The molecule has 1 aromatic carbocycles. The molecule has 0 saturated heterocycles. The van der Waals surface area contributed by atoms with Crippen LogP contribution in [0, 0.1) is 0 Å². The predicted octanol–water partition coefficient (Wildman–Crippen LogP) is 7.29. The molecule has 1 rings (SSSR count). The van der Waals surface area contributed by atoms with Crippen LogP contribution >= 0.6 is 0 Å². The van der Waals surface area contributed by atoms with Crippen LogP contribution < -0.4 is 4.90 Å². The molecule has 0 aliphatic rings. The van der Waals surface area contributed by atoms with Crippen LogP contribution in [-0.2, 0) is 21.0 Å². The SMILES string of the molecule is C=CCCC(=O)N(CCC)c1c(C(C)(C)C)cc(C(C)(C)C)cc1C(C)(C)C. The maximum absolute atomic E-state index is 13.2. The van der Waals surface area contributed by atoms with Gasteiger partial charge < -0.3 is 4.90 Å². The third kappa shape index (κ3) is 5.96. The first kappa shape index (κ1) is 24.5. The molecule has 2 nitrogen and oxygen atoms in total. The lowest BCUT2D eigenvalue weighted by molar-refractivity contribution is -0.118. The molecule has 28 heavy (non-hydrogen) atoms. The van der Waals surface area contributed by atoms with Gasteiger partial charge in [-0.15, -0.1) is 6.58 Å². The van der Waals surface area contributed by atoms with Crippen LogP contribution in [0.5, 0.6) is 0 Å². The van der Waals surface area contributed by atoms with Crippen LogP contribution in [0.15, 0.2) is 24.8 Å². The summed E-state index contributed by atoms with van der Waals surface area (Å²) in [6, 6.07) is 4.68. The Labute approximate surface area is 174 Å². The number of benzene rings is 1. The van der Waals surface area contributed by atoms with E-state index in [1.54, 1.807) is 0 Å². The Hall–Kier alpha value is -1.57. The van der Waals surface area contributed by atoms with Crippen LogP contribution in [0.1, 0.15) is 105 Å². The first-order valence-electron chi connectivity index (χ1n) is 10.7. The van der Waals surface area contributed by atoms with Gasteiger partial charge in [-0.05, 0) is 45.8 Å². The van der Waals surface area contributed by atoms with Crippen LogP contribution in [0.3, 0.4) is 0 Å². The molecule has 0 aliphatic carbocycles. The summed E-state index contributed by atoms with van der Waals surface area (Å²) in [5, 5.41) is 0. The molecule has 2 heteroatoms. The highest BCUT2D eigenvalue weighted by Gasteiger charge is 2.32. The summed E-state index contributed by atoms with van der Waals surface area (Å²) in [6.07, 6.45) is 4.00. The van der Waals surface area contributed by atoms with Gasteiger partial charge in [0.05, 0.1) is 5.69 Å². The molecular weight excluding hydrogens is 342 g/mol. The molecule has 0 fully saturated rings. The van der Waals surface area contributed by atoms with Crippen molar-refractivity contribution in [2.75, 3.05) is 11.4 Å². The number of rotatable bonds is 6. The summed E-state index contributed by atoms with van der Waals surface area (Å²) in [7, 11) is 0. The number of hydrogen-bond donors (Lipinski definition) is 0. The van der Waals surface area contributed by atoms with E-state index in [2.05, 4.69) is 92.8 Å². The number of anilines is 1. The van der Waals surface area contributed by atoms with Gasteiger partial charge >= 0.3 is 0 Å². The number of nitrogens with zero attached hydrogens (tertiary/aromatic N) is 1. The van der Waals surface area contributed by atoms with E-state index in [1.807, 2.05) is 6.08 Å².